The van der Waals surface area contributed by atoms with E-state index in [9.17, 15) is 0 Å². The van der Waals surface area contributed by atoms with E-state index < -0.39 is 0 Å². The smallest absolute Gasteiger partial charge is 0.123 e. The molecule has 114 valence electrons. The van der Waals surface area contributed by atoms with Crippen molar-refractivity contribution in [3.8, 4) is 5.75 Å². The third kappa shape index (κ3) is 4.50. The summed E-state index contributed by atoms with van der Waals surface area (Å²) in [4.78, 5) is 2.49. The molecule has 3 nitrogen and oxygen atoms in total. The van der Waals surface area contributed by atoms with Crippen molar-refractivity contribution in [3.63, 3.8) is 0 Å². The molecule has 0 aliphatic carbocycles. The first-order valence-corrected chi connectivity index (χ1v) is 7.57. The molecule has 1 atom stereocenters. The number of para-hydroxylation sites is 1. The van der Waals surface area contributed by atoms with Gasteiger partial charge in [-0.05, 0) is 39.9 Å². The van der Waals surface area contributed by atoms with Crippen LogP contribution >= 0.6 is 0 Å². The second kappa shape index (κ2) is 7.65. The van der Waals surface area contributed by atoms with Crippen molar-refractivity contribution in [3.05, 3.63) is 29.8 Å². The number of ether oxygens (including phenoxy) is 1. The second-order valence-electron chi connectivity index (χ2n) is 5.90. The number of methoxy groups -OCH3 is 1. The number of hydrogen-bond donors (Lipinski definition) is 1. The molecule has 1 N–H and O–H groups in total. The summed E-state index contributed by atoms with van der Waals surface area (Å²) < 4.78 is 5.50. The van der Waals surface area contributed by atoms with E-state index >= 15 is 0 Å². The van der Waals surface area contributed by atoms with E-state index in [0.717, 1.165) is 25.4 Å². The number of rotatable bonds is 8. The lowest BCUT2D eigenvalue weighted by Crippen LogP contribution is -2.49. The molecule has 0 aliphatic rings. The quantitative estimate of drug-likeness (QED) is 0.788. The first-order valence-electron chi connectivity index (χ1n) is 7.57. The Labute approximate surface area is 124 Å². The second-order valence-corrected chi connectivity index (χ2v) is 5.90. The van der Waals surface area contributed by atoms with Gasteiger partial charge in [-0.25, -0.2) is 0 Å². The van der Waals surface area contributed by atoms with Crippen LogP contribution in [0.2, 0.25) is 0 Å². The van der Waals surface area contributed by atoms with Crippen LogP contribution in [0, 0.1) is 0 Å². The van der Waals surface area contributed by atoms with Crippen molar-refractivity contribution in [1.29, 1.82) is 0 Å². The van der Waals surface area contributed by atoms with Crippen molar-refractivity contribution in [2.24, 2.45) is 0 Å². The number of nitrogens with one attached hydrogen (secondary N) is 1. The zero-order chi connectivity index (χ0) is 15.2. The minimum Gasteiger partial charge on any atom is -0.496 e. The maximum absolute atomic E-state index is 5.50. The summed E-state index contributed by atoms with van der Waals surface area (Å²) in [6, 6.07) is 8.64. The van der Waals surface area contributed by atoms with Crippen LogP contribution in [0.25, 0.3) is 0 Å². The molecule has 0 aromatic heterocycles. The molecule has 0 bridgehead atoms. The van der Waals surface area contributed by atoms with Gasteiger partial charge in [0.2, 0.25) is 0 Å². The van der Waals surface area contributed by atoms with Crippen LogP contribution in [0.5, 0.6) is 5.75 Å². The lowest BCUT2D eigenvalue weighted by atomic mass is 10.0. The predicted molar refractivity (Wildman–Crippen MR) is 86.4 cm³/mol. The largest absolute Gasteiger partial charge is 0.496 e. The summed E-state index contributed by atoms with van der Waals surface area (Å²) in [6.07, 6.45) is 0. The molecule has 0 fully saturated rings. The molecule has 0 radical (unpaired) electrons. The van der Waals surface area contributed by atoms with Crippen molar-refractivity contribution in [1.82, 2.24) is 10.2 Å². The van der Waals surface area contributed by atoms with Gasteiger partial charge in [0, 0.05) is 23.7 Å². The Morgan fingerprint density at radius 2 is 1.90 bits per heavy atom. The SMILES string of the molecule is CCNC(C)(C)CN(CC)[C@@H](C)c1ccccc1OC. The van der Waals surface area contributed by atoms with Crippen LogP contribution in [-0.4, -0.2) is 37.2 Å². The molecular formula is C17H30N2O. The highest BCUT2D eigenvalue weighted by molar-refractivity contribution is 5.35. The Morgan fingerprint density at radius 1 is 1.25 bits per heavy atom. The molecule has 0 unspecified atom stereocenters. The summed E-state index contributed by atoms with van der Waals surface area (Å²) in [6.45, 7) is 14.2. The number of nitrogens with zero attached hydrogens (tertiary/aromatic N) is 1. The molecule has 0 saturated carbocycles. The maximum atomic E-state index is 5.50. The predicted octanol–water partition coefficient (Wildman–Crippen LogP) is 3.47. The minimum absolute atomic E-state index is 0.112. The van der Waals surface area contributed by atoms with Gasteiger partial charge in [0.15, 0.2) is 0 Å². The zero-order valence-electron chi connectivity index (χ0n) is 13.9. The Balaban J connectivity index is 2.89. The summed E-state index contributed by atoms with van der Waals surface area (Å²) in [5.74, 6) is 0.972. The molecule has 1 aromatic rings. The fourth-order valence-corrected chi connectivity index (χ4v) is 2.77. The number of benzene rings is 1. The molecule has 3 heteroatoms. The first-order chi connectivity index (χ1) is 9.45. The Morgan fingerprint density at radius 3 is 2.45 bits per heavy atom. The van der Waals surface area contributed by atoms with Gasteiger partial charge in [0.25, 0.3) is 0 Å². The van der Waals surface area contributed by atoms with Gasteiger partial charge in [-0.3, -0.25) is 4.90 Å². The van der Waals surface area contributed by atoms with Gasteiger partial charge < -0.3 is 10.1 Å². The molecule has 0 saturated heterocycles. The van der Waals surface area contributed by atoms with E-state index in [0.29, 0.717) is 6.04 Å². The topological polar surface area (TPSA) is 24.5 Å². The molecule has 0 aliphatic heterocycles. The normalized spacial score (nSPS) is 13.6. The highest BCUT2D eigenvalue weighted by Crippen LogP contribution is 2.29. The Kier molecular flexibility index (Phi) is 6.50. The highest BCUT2D eigenvalue weighted by Gasteiger charge is 2.24. The molecule has 0 amide bonds. The fourth-order valence-electron chi connectivity index (χ4n) is 2.77. The Hall–Kier alpha value is -1.06. The maximum Gasteiger partial charge on any atom is 0.123 e. The average molecular weight is 278 g/mol. The summed E-state index contributed by atoms with van der Waals surface area (Å²) >= 11 is 0. The van der Waals surface area contributed by atoms with Gasteiger partial charge in [0.1, 0.15) is 5.75 Å². The fraction of sp³-hybridized carbons (Fsp3) is 0.647. The minimum atomic E-state index is 0.112. The highest BCUT2D eigenvalue weighted by atomic mass is 16.5. The van der Waals surface area contributed by atoms with Gasteiger partial charge in [0.05, 0.1) is 7.11 Å². The molecule has 1 aromatic carbocycles. The molecule has 0 spiro atoms. The lowest BCUT2D eigenvalue weighted by molar-refractivity contribution is 0.162. The van der Waals surface area contributed by atoms with Gasteiger partial charge in [-0.2, -0.15) is 0 Å². The number of hydrogen-bond acceptors (Lipinski definition) is 3. The van der Waals surface area contributed by atoms with E-state index in [1.54, 1.807) is 7.11 Å². The third-order valence-corrected chi connectivity index (χ3v) is 3.80. The third-order valence-electron chi connectivity index (χ3n) is 3.80. The van der Waals surface area contributed by atoms with Crippen LogP contribution in [-0.2, 0) is 0 Å². The number of likely N-dealkylation sites (N-methyl/N-ethyl adjacent to an activating group) is 2. The standard InChI is InChI=1S/C17H30N2O/c1-7-18-17(4,5)13-19(8-2)14(3)15-11-9-10-12-16(15)20-6/h9-12,14,18H,7-8,13H2,1-6H3/t14-/m0/s1. The van der Waals surface area contributed by atoms with E-state index in [4.69, 9.17) is 4.74 Å². The van der Waals surface area contributed by atoms with Crippen LogP contribution in [0.4, 0.5) is 0 Å². The first kappa shape index (κ1) is 17.0. The molecule has 20 heavy (non-hydrogen) atoms. The van der Waals surface area contributed by atoms with Gasteiger partial charge in [-0.15, -0.1) is 0 Å². The van der Waals surface area contributed by atoms with Crippen molar-refractivity contribution >= 4 is 0 Å². The van der Waals surface area contributed by atoms with E-state index in [2.05, 4.69) is 57.0 Å². The summed E-state index contributed by atoms with van der Waals surface area (Å²) in [5, 5.41) is 3.55. The Bertz CT molecular complexity index is 404. The van der Waals surface area contributed by atoms with E-state index in [1.165, 1.54) is 5.56 Å². The van der Waals surface area contributed by atoms with Crippen LogP contribution in [0.3, 0.4) is 0 Å². The average Bonchev–Trinajstić information content (AvgIpc) is 2.44. The van der Waals surface area contributed by atoms with Gasteiger partial charge >= 0.3 is 0 Å². The van der Waals surface area contributed by atoms with E-state index in [1.807, 2.05) is 12.1 Å². The molecule has 1 rings (SSSR count). The zero-order valence-corrected chi connectivity index (χ0v) is 13.9. The van der Waals surface area contributed by atoms with Crippen molar-refractivity contribution in [2.45, 2.75) is 46.2 Å². The van der Waals surface area contributed by atoms with Gasteiger partial charge in [-0.1, -0.05) is 32.0 Å². The van der Waals surface area contributed by atoms with Crippen LogP contribution in [0.1, 0.15) is 46.2 Å². The van der Waals surface area contributed by atoms with Crippen molar-refractivity contribution in [2.75, 3.05) is 26.7 Å². The van der Waals surface area contributed by atoms with Crippen molar-refractivity contribution < 1.29 is 4.74 Å². The molecule has 0 heterocycles. The van der Waals surface area contributed by atoms with Crippen LogP contribution in [0.15, 0.2) is 24.3 Å². The lowest BCUT2D eigenvalue weighted by Gasteiger charge is -2.37. The monoisotopic (exact) mass is 278 g/mol. The van der Waals surface area contributed by atoms with Crippen LogP contribution < -0.4 is 10.1 Å². The van der Waals surface area contributed by atoms with E-state index in [-0.39, 0.29) is 5.54 Å². The molecular weight excluding hydrogens is 248 g/mol. The summed E-state index contributed by atoms with van der Waals surface area (Å²) in [7, 11) is 1.74. The summed E-state index contributed by atoms with van der Waals surface area (Å²) in [5.41, 5.74) is 1.37.